The van der Waals surface area contributed by atoms with Gasteiger partial charge in [-0.05, 0) is 19.0 Å². The Morgan fingerprint density at radius 3 is 3.15 bits per heavy atom. The van der Waals surface area contributed by atoms with Gasteiger partial charge in [-0.2, -0.15) is 0 Å². The van der Waals surface area contributed by atoms with Gasteiger partial charge in [0, 0.05) is 49.5 Å². The van der Waals surface area contributed by atoms with Crippen molar-refractivity contribution in [3.63, 3.8) is 0 Å². The second-order valence-corrected chi connectivity index (χ2v) is 6.42. The third kappa shape index (κ3) is 1.75. The highest BCUT2D eigenvalue weighted by atomic mass is 16.5. The van der Waals surface area contributed by atoms with Crippen molar-refractivity contribution in [2.24, 2.45) is 11.7 Å². The van der Waals surface area contributed by atoms with Crippen molar-refractivity contribution in [2.75, 3.05) is 26.7 Å². The Hall–Kier alpha value is -1.26. The molecular weight excluding hydrogens is 252 g/mol. The number of benzene rings is 1. The SMILES string of the molecule is COc1ccc2c(c1)OC1(CCN3CCC1C3)C[C@H]2N. The molecule has 0 radical (unpaired) electrons. The minimum atomic E-state index is -0.0498. The molecule has 1 aromatic carbocycles. The van der Waals surface area contributed by atoms with Crippen LogP contribution in [-0.2, 0) is 0 Å². The van der Waals surface area contributed by atoms with Crippen LogP contribution in [0.1, 0.15) is 30.9 Å². The first-order valence-corrected chi connectivity index (χ1v) is 7.55. The molecule has 1 aromatic rings. The van der Waals surface area contributed by atoms with Gasteiger partial charge in [0.15, 0.2) is 0 Å². The topological polar surface area (TPSA) is 47.7 Å². The van der Waals surface area contributed by atoms with Crippen molar-refractivity contribution in [2.45, 2.75) is 30.9 Å². The fourth-order valence-electron chi connectivity index (χ4n) is 4.20. The molecule has 4 atom stereocenters. The zero-order valence-corrected chi connectivity index (χ0v) is 12.0. The van der Waals surface area contributed by atoms with Crippen molar-refractivity contribution >= 4 is 0 Å². The molecule has 108 valence electrons. The zero-order chi connectivity index (χ0) is 13.7. The van der Waals surface area contributed by atoms with Crippen LogP contribution in [0.3, 0.4) is 0 Å². The molecule has 3 aliphatic heterocycles. The summed E-state index contributed by atoms with van der Waals surface area (Å²) >= 11 is 0. The average Bonchev–Trinajstić information content (AvgIpc) is 2.88. The van der Waals surface area contributed by atoms with E-state index in [2.05, 4.69) is 11.0 Å². The summed E-state index contributed by atoms with van der Waals surface area (Å²) in [5.74, 6) is 2.40. The molecule has 4 nitrogen and oxygen atoms in total. The van der Waals surface area contributed by atoms with Gasteiger partial charge in [0.2, 0.25) is 0 Å². The van der Waals surface area contributed by atoms with Crippen molar-refractivity contribution in [3.05, 3.63) is 23.8 Å². The zero-order valence-electron chi connectivity index (χ0n) is 12.0. The lowest BCUT2D eigenvalue weighted by atomic mass is 9.75. The fraction of sp³-hybridized carbons (Fsp3) is 0.625. The van der Waals surface area contributed by atoms with E-state index in [1.165, 1.54) is 19.5 Å². The highest BCUT2D eigenvalue weighted by Crippen LogP contribution is 2.49. The van der Waals surface area contributed by atoms with Crippen molar-refractivity contribution < 1.29 is 9.47 Å². The fourth-order valence-corrected chi connectivity index (χ4v) is 4.20. The van der Waals surface area contributed by atoms with E-state index < -0.39 is 0 Å². The summed E-state index contributed by atoms with van der Waals surface area (Å²) in [4.78, 5) is 2.55. The molecule has 1 spiro atoms. The molecule has 0 saturated carbocycles. The molecule has 4 rings (SSSR count). The molecule has 0 aliphatic carbocycles. The number of rotatable bonds is 1. The van der Waals surface area contributed by atoms with Gasteiger partial charge in [-0.25, -0.2) is 0 Å². The largest absolute Gasteiger partial charge is 0.497 e. The van der Waals surface area contributed by atoms with Crippen LogP contribution < -0.4 is 15.2 Å². The quantitative estimate of drug-likeness (QED) is 0.850. The summed E-state index contributed by atoms with van der Waals surface area (Å²) < 4.78 is 11.8. The smallest absolute Gasteiger partial charge is 0.128 e. The monoisotopic (exact) mass is 274 g/mol. The third-order valence-corrected chi connectivity index (χ3v) is 5.37. The third-order valence-electron chi connectivity index (χ3n) is 5.37. The number of nitrogens with zero attached hydrogens (tertiary/aromatic N) is 1. The number of piperidine rings is 1. The standard InChI is InChI=1S/C16H22N2O2/c1-19-12-2-3-13-14(17)9-16(20-15(13)8-12)5-7-18-6-4-11(16)10-18/h2-3,8,11,14H,4-7,9-10,17H2,1H3/t11?,14-,16?/m1/s1. The predicted octanol–water partition coefficient (Wildman–Crippen LogP) is 1.94. The molecule has 0 aromatic heterocycles. The van der Waals surface area contributed by atoms with E-state index in [-0.39, 0.29) is 11.6 Å². The van der Waals surface area contributed by atoms with Gasteiger partial charge in [0.1, 0.15) is 17.1 Å². The first kappa shape index (κ1) is 12.5. The highest BCUT2D eigenvalue weighted by molar-refractivity contribution is 5.44. The highest BCUT2D eigenvalue weighted by Gasteiger charge is 2.51. The number of nitrogens with two attached hydrogens (primary N) is 1. The second-order valence-electron chi connectivity index (χ2n) is 6.42. The summed E-state index contributed by atoms with van der Waals surface area (Å²) in [6, 6.07) is 6.10. The first-order valence-electron chi connectivity index (χ1n) is 7.55. The van der Waals surface area contributed by atoms with Crippen molar-refractivity contribution in [1.82, 2.24) is 4.90 Å². The van der Waals surface area contributed by atoms with Gasteiger partial charge >= 0.3 is 0 Å². The molecule has 2 saturated heterocycles. The summed E-state index contributed by atoms with van der Waals surface area (Å²) in [5.41, 5.74) is 7.51. The maximum Gasteiger partial charge on any atom is 0.128 e. The van der Waals surface area contributed by atoms with Crippen LogP contribution in [-0.4, -0.2) is 37.2 Å². The number of methoxy groups -OCH3 is 1. The molecular formula is C16H22N2O2. The van der Waals surface area contributed by atoms with Crippen molar-refractivity contribution in [3.8, 4) is 11.5 Å². The Labute approximate surface area is 119 Å². The number of hydrogen-bond donors (Lipinski definition) is 1. The molecule has 3 aliphatic rings. The molecule has 2 fully saturated rings. The van der Waals surface area contributed by atoms with E-state index in [4.69, 9.17) is 15.2 Å². The lowest BCUT2D eigenvalue weighted by molar-refractivity contribution is -0.0440. The minimum Gasteiger partial charge on any atom is -0.497 e. The van der Waals surface area contributed by atoms with Crippen LogP contribution in [0.5, 0.6) is 11.5 Å². The lowest BCUT2D eigenvalue weighted by Crippen LogP contribution is -2.53. The van der Waals surface area contributed by atoms with E-state index >= 15 is 0 Å². The number of ether oxygens (including phenoxy) is 2. The lowest BCUT2D eigenvalue weighted by Gasteiger charge is -2.47. The number of fused-ring (bicyclic) bond motifs is 4. The van der Waals surface area contributed by atoms with Gasteiger partial charge < -0.3 is 20.1 Å². The Bertz CT molecular complexity index is 533. The van der Waals surface area contributed by atoms with Crippen LogP contribution in [0, 0.1) is 5.92 Å². The van der Waals surface area contributed by atoms with Crippen LogP contribution in [0.4, 0.5) is 0 Å². The molecule has 2 N–H and O–H groups in total. The van der Waals surface area contributed by atoms with Crippen LogP contribution in [0.2, 0.25) is 0 Å². The summed E-state index contributed by atoms with van der Waals surface area (Å²) in [5, 5.41) is 0. The van der Waals surface area contributed by atoms with Crippen LogP contribution in [0.15, 0.2) is 18.2 Å². The Morgan fingerprint density at radius 2 is 2.30 bits per heavy atom. The normalized spacial score (nSPS) is 38.4. The van der Waals surface area contributed by atoms with Gasteiger partial charge in [0.05, 0.1) is 7.11 Å². The molecule has 3 unspecified atom stereocenters. The summed E-state index contributed by atoms with van der Waals surface area (Å²) in [6.07, 6.45) is 3.29. The van der Waals surface area contributed by atoms with E-state index in [0.29, 0.717) is 5.92 Å². The summed E-state index contributed by atoms with van der Waals surface area (Å²) in [7, 11) is 1.69. The van der Waals surface area contributed by atoms with E-state index in [9.17, 15) is 0 Å². The van der Waals surface area contributed by atoms with E-state index in [1.54, 1.807) is 7.11 Å². The Balaban J connectivity index is 1.71. The van der Waals surface area contributed by atoms with Gasteiger partial charge in [-0.1, -0.05) is 6.07 Å². The Kier molecular flexibility index (Phi) is 2.72. The minimum absolute atomic E-state index is 0.0498. The summed E-state index contributed by atoms with van der Waals surface area (Å²) in [6.45, 7) is 3.53. The average molecular weight is 274 g/mol. The van der Waals surface area contributed by atoms with E-state index in [0.717, 1.165) is 36.4 Å². The molecule has 2 bridgehead atoms. The molecule has 20 heavy (non-hydrogen) atoms. The van der Waals surface area contributed by atoms with Gasteiger partial charge in [-0.15, -0.1) is 0 Å². The van der Waals surface area contributed by atoms with E-state index in [1.807, 2.05) is 12.1 Å². The maximum atomic E-state index is 6.52. The van der Waals surface area contributed by atoms with Crippen molar-refractivity contribution in [1.29, 1.82) is 0 Å². The molecule has 4 heteroatoms. The van der Waals surface area contributed by atoms with Crippen LogP contribution in [0.25, 0.3) is 0 Å². The Morgan fingerprint density at radius 1 is 1.40 bits per heavy atom. The van der Waals surface area contributed by atoms with Crippen LogP contribution >= 0.6 is 0 Å². The van der Waals surface area contributed by atoms with Gasteiger partial charge in [-0.3, -0.25) is 0 Å². The maximum absolute atomic E-state index is 6.52. The molecule has 0 amide bonds. The second kappa shape index (κ2) is 4.37. The molecule has 3 heterocycles. The number of hydrogen-bond acceptors (Lipinski definition) is 4. The predicted molar refractivity (Wildman–Crippen MR) is 77.1 cm³/mol. The first-order chi connectivity index (χ1) is 9.70. The van der Waals surface area contributed by atoms with Gasteiger partial charge in [0.25, 0.3) is 0 Å².